The van der Waals surface area contributed by atoms with Crippen molar-refractivity contribution in [3.8, 4) is 17.2 Å². The van der Waals surface area contributed by atoms with Gasteiger partial charge >= 0.3 is 0 Å². The molecule has 0 heterocycles. The van der Waals surface area contributed by atoms with Crippen LogP contribution in [0.5, 0.6) is 17.2 Å². The van der Waals surface area contributed by atoms with Crippen molar-refractivity contribution in [2.24, 2.45) is 0 Å². The average Bonchev–Trinajstić information content (AvgIpc) is 2.75. The summed E-state index contributed by atoms with van der Waals surface area (Å²) in [4.78, 5) is -0.183. The first-order valence-corrected chi connectivity index (χ1v) is 13.4. The minimum atomic E-state index is -4.23. The Kier molecular flexibility index (Phi) is 11.6. The topological polar surface area (TPSA) is 83.8 Å². The average molecular weight is 463 g/mol. The van der Waals surface area contributed by atoms with Crippen LogP contribution in [0.4, 0.5) is 0 Å². The summed E-state index contributed by atoms with van der Waals surface area (Å²) in [6, 6.07) is 10.7. The Morgan fingerprint density at radius 3 is 1.81 bits per heavy atom. The van der Waals surface area contributed by atoms with Gasteiger partial charge in [0.15, 0.2) is 0 Å². The lowest BCUT2D eigenvalue weighted by Crippen LogP contribution is -1.98. The van der Waals surface area contributed by atoms with Gasteiger partial charge in [-0.2, -0.15) is 8.42 Å². The van der Waals surface area contributed by atoms with Crippen LogP contribution in [-0.2, 0) is 16.5 Å². The van der Waals surface area contributed by atoms with Crippen molar-refractivity contribution in [2.75, 3.05) is 0 Å². The molecule has 0 bridgehead atoms. The van der Waals surface area contributed by atoms with E-state index in [1.165, 1.54) is 94.9 Å². The molecule has 0 aliphatic rings. The van der Waals surface area contributed by atoms with Gasteiger partial charge in [0.2, 0.25) is 0 Å². The third kappa shape index (κ3) is 10.0. The number of phenolic OH excluding ortho intramolecular Hbond substituents is 1. The van der Waals surface area contributed by atoms with Crippen molar-refractivity contribution in [3.63, 3.8) is 0 Å². The number of phenols is 1. The Labute approximate surface area is 193 Å². The molecule has 0 aromatic heterocycles. The molecule has 0 aliphatic heterocycles. The van der Waals surface area contributed by atoms with Crippen molar-refractivity contribution >= 4 is 10.1 Å². The Morgan fingerprint density at radius 1 is 0.750 bits per heavy atom. The second kappa shape index (κ2) is 14.2. The molecular formula is C26H38O5S. The van der Waals surface area contributed by atoms with Crippen LogP contribution in [0.15, 0.2) is 47.4 Å². The van der Waals surface area contributed by atoms with Crippen LogP contribution in [0.1, 0.15) is 89.5 Å². The fourth-order valence-electron chi connectivity index (χ4n) is 3.81. The van der Waals surface area contributed by atoms with Gasteiger partial charge in [-0.1, -0.05) is 83.6 Å². The lowest BCUT2D eigenvalue weighted by atomic mass is 10.0. The predicted molar refractivity (Wildman–Crippen MR) is 129 cm³/mol. The van der Waals surface area contributed by atoms with Gasteiger partial charge in [-0.25, -0.2) is 0 Å². The van der Waals surface area contributed by atoms with Crippen LogP contribution in [0.3, 0.4) is 0 Å². The molecule has 0 saturated carbocycles. The smallest absolute Gasteiger partial charge is 0.294 e. The molecule has 32 heavy (non-hydrogen) atoms. The van der Waals surface area contributed by atoms with Crippen LogP contribution >= 0.6 is 0 Å². The van der Waals surface area contributed by atoms with E-state index >= 15 is 0 Å². The Bertz CT molecular complexity index is 891. The third-order valence-corrected chi connectivity index (χ3v) is 6.57. The van der Waals surface area contributed by atoms with E-state index in [9.17, 15) is 13.5 Å². The quantitative estimate of drug-likeness (QED) is 0.197. The SMILES string of the molecule is CCCCCCCCCCCCCCc1ccc(O)cc1Oc1ccc(S(=O)(=O)O)cc1. The lowest BCUT2D eigenvalue weighted by molar-refractivity contribution is 0.450. The van der Waals surface area contributed by atoms with Gasteiger partial charge in [0.25, 0.3) is 10.1 Å². The molecule has 0 amide bonds. The third-order valence-electron chi connectivity index (χ3n) is 5.70. The molecule has 0 atom stereocenters. The summed E-state index contributed by atoms with van der Waals surface area (Å²) in [5.41, 5.74) is 1.01. The summed E-state index contributed by atoms with van der Waals surface area (Å²) in [7, 11) is -4.23. The van der Waals surface area contributed by atoms with Gasteiger partial charge in [0.1, 0.15) is 17.2 Å². The molecule has 2 aromatic carbocycles. The molecule has 0 fully saturated rings. The van der Waals surface area contributed by atoms with E-state index in [4.69, 9.17) is 9.29 Å². The zero-order chi connectivity index (χ0) is 23.2. The molecule has 0 unspecified atom stereocenters. The van der Waals surface area contributed by atoms with Gasteiger partial charge in [0, 0.05) is 6.07 Å². The van der Waals surface area contributed by atoms with Crippen LogP contribution in [0.25, 0.3) is 0 Å². The Hall–Kier alpha value is -2.05. The number of hydrogen-bond donors (Lipinski definition) is 2. The van der Waals surface area contributed by atoms with Gasteiger partial charge < -0.3 is 9.84 Å². The highest BCUT2D eigenvalue weighted by molar-refractivity contribution is 7.85. The predicted octanol–water partition coefficient (Wildman–Crippen LogP) is 7.67. The minimum absolute atomic E-state index is 0.119. The van der Waals surface area contributed by atoms with E-state index < -0.39 is 10.1 Å². The number of benzene rings is 2. The fourth-order valence-corrected chi connectivity index (χ4v) is 4.29. The van der Waals surface area contributed by atoms with Crippen LogP contribution in [0, 0.1) is 0 Å². The van der Waals surface area contributed by atoms with Crippen molar-refractivity contribution in [2.45, 2.75) is 95.3 Å². The standard InChI is InChI=1S/C26H38O5S/c1-2-3-4-5-6-7-8-9-10-11-12-13-14-22-15-16-23(27)21-26(22)31-24-17-19-25(20-18-24)32(28,29)30/h15-21,27H,2-14H2,1H3,(H,28,29,30). The first-order chi connectivity index (χ1) is 15.4. The maximum Gasteiger partial charge on any atom is 0.294 e. The largest absolute Gasteiger partial charge is 0.508 e. The van der Waals surface area contributed by atoms with Gasteiger partial charge in [-0.05, 0) is 48.7 Å². The molecule has 2 rings (SSSR count). The number of rotatable bonds is 16. The van der Waals surface area contributed by atoms with E-state index in [0.717, 1.165) is 18.4 Å². The minimum Gasteiger partial charge on any atom is -0.508 e. The van der Waals surface area contributed by atoms with Crippen molar-refractivity contribution < 1.29 is 22.8 Å². The number of unbranched alkanes of at least 4 members (excludes halogenated alkanes) is 11. The molecule has 0 aliphatic carbocycles. The summed E-state index contributed by atoms with van der Waals surface area (Å²) < 4.78 is 37.3. The maximum absolute atomic E-state index is 11.2. The molecule has 178 valence electrons. The highest BCUT2D eigenvalue weighted by Gasteiger charge is 2.11. The second-order valence-corrected chi connectivity index (χ2v) is 9.90. The van der Waals surface area contributed by atoms with E-state index in [-0.39, 0.29) is 10.6 Å². The molecule has 0 saturated heterocycles. The zero-order valence-electron chi connectivity index (χ0n) is 19.3. The van der Waals surface area contributed by atoms with Crippen LogP contribution in [-0.4, -0.2) is 18.1 Å². The molecule has 5 nitrogen and oxygen atoms in total. The summed E-state index contributed by atoms with van der Waals surface area (Å²) in [6.07, 6.45) is 16.5. The maximum atomic E-state index is 11.2. The number of hydrogen-bond acceptors (Lipinski definition) is 4. The van der Waals surface area contributed by atoms with Gasteiger partial charge in [-0.3, -0.25) is 4.55 Å². The molecule has 2 N–H and O–H groups in total. The first-order valence-electron chi connectivity index (χ1n) is 12.0. The summed E-state index contributed by atoms with van der Waals surface area (Å²) in [5, 5.41) is 9.85. The monoisotopic (exact) mass is 462 g/mol. The van der Waals surface area contributed by atoms with Gasteiger partial charge in [-0.15, -0.1) is 0 Å². The van der Waals surface area contributed by atoms with Crippen molar-refractivity contribution in [1.29, 1.82) is 0 Å². The molecule has 6 heteroatoms. The molecular weight excluding hydrogens is 424 g/mol. The Balaban J connectivity index is 1.72. The summed E-state index contributed by atoms with van der Waals surface area (Å²) in [6.45, 7) is 2.25. The lowest BCUT2D eigenvalue weighted by Gasteiger charge is -2.12. The normalized spacial score (nSPS) is 11.6. The molecule has 0 radical (unpaired) electrons. The molecule has 2 aromatic rings. The van der Waals surface area contributed by atoms with Crippen LogP contribution < -0.4 is 4.74 Å². The van der Waals surface area contributed by atoms with Crippen molar-refractivity contribution in [1.82, 2.24) is 0 Å². The number of ether oxygens (including phenoxy) is 1. The molecule has 0 spiro atoms. The number of aromatic hydroxyl groups is 1. The highest BCUT2D eigenvalue weighted by atomic mass is 32.2. The van der Waals surface area contributed by atoms with E-state index in [0.29, 0.717) is 11.5 Å². The summed E-state index contributed by atoms with van der Waals surface area (Å²) in [5.74, 6) is 1.12. The second-order valence-electron chi connectivity index (χ2n) is 8.48. The van der Waals surface area contributed by atoms with E-state index in [1.807, 2.05) is 6.07 Å². The zero-order valence-corrected chi connectivity index (χ0v) is 20.1. The fraction of sp³-hybridized carbons (Fsp3) is 0.538. The van der Waals surface area contributed by atoms with E-state index in [2.05, 4.69) is 6.92 Å². The van der Waals surface area contributed by atoms with E-state index in [1.54, 1.807) is 12.1 Å². The van der Waals surface area contributed by atoms with Gasteiger partial charge in [0.05, 0.1) is 4.90 Å². The first kappa shape index (κ1) is 26.2. The summed E-state index contributed by atoms with van der Waals surface area (Å²) >= 11 is 0. The van der Waals surface area contributed by atoms with Crippen LogP contribution in [0.2, 0.25) is 0 Å². The van der Waals surface area contributed by atoms with Crippen molar-refractivity contribution in [3.05, 3.63) is 48.0 Å². The number of aryl methyl sites for hydroxylation is 1. The Morgan fingerprint density at radius 2 is 1.28 bits per heavy atom. The highest BCUT2D eigenvalue weighted by Crippen LogP contribution is 2.31.